The quantitative estimate of drug-likeness (QED) is 0.440. The van der Waals surface area contributed by atoms with Gasteiger partial charge in [0.05, 0.1) is 12.2 Å². The van der Waals surface area contributed by atoms with Crippen LogP contribution in [0.4, 0.5) is 0 Å². The van der Waals surface area contributed by atoms with Crippen molar-refractivity contribution in [3.05, 3.63) is 47.1 Å². The van der Waals surface area contributed by atoms with Gasteiger partial charge >= 0.3 is 5.97 Å². The first-order chi connectivity index (χ1) is 9.67. The number of carbonyl (C=O) groups is 1. The topological polar surface area (TPSA) is 31.2 Å². The van der Waals surface area contributed by atoms with E-state index in [0.717, 1.165) is 28.2 Å². The molecule has 106 valence electrons. The van der Waals surface area contributed by atoms with Crippen LogP contribution >= 0.6 is 15.9 Å². The first-order valence-electron chi connectivity index (χ1n) is 6.73. The second-order valence-electron chi connectivity index (χ2n) is 4.63. The van der Waals surface area contributed by atoms with Gasteiger partial charge in [0.2, 0.25) is 0 Å². The van der Waals surface area contributed by atoms with Gasteiger partial charge < -0.3 is 9.30 Å². The van der Waals surface area contributed by atoms with Crippen LogP contribution in [0.2, 0.25) is 0 Å². The highest BCUT2D eigenvalue weighted by atomic mass is 79.9. The number of hydrogen-bond acceptors (Lipinski definition) is 2. The summed E-state index contributed by atoms with van der Waals surface area (Å²) in [4.78, 5) is 12.2. The number of allylic oxidation sites excluding steroid dienone is 1. The number of carbonyl (C=O) groups excluding carboxylic acids is 1. The number of unbranched alkanes of at least 4 members (excludes halogenated alkanes) is 1. The molecule has 1 heterocycles. The second-order valence-corrected chi connectivity index (χ2v) is 5.55. The van der Waals surface area contributed by atoms with Crippen LogP contribution < -0.4 is 0 Å². The third kappa shape index (κ3) is 3.12. The number of halogens is 1. The van der Waals surface area contributed by atoms with Crippen molar-refractivity contribution in [1.29, 1.82) is 0 Å². The molecular weight excluding hydrogens is 318 g/mol. The smallest absolute Gasteiger partial charge is 0.340 e. The summed E-state index contributed by atoms with van der Waals surface area (Å²) < 4.78 is 8.27. The maximum absolute atomic E-state index is 12.2. The van der Waals surface area contributed by atoms with E-state index in [-0.39, 0.29) is 5.97 Å². The fourth-order valence-corrected chi connectivity index (χ4v) is 2.47. The molecule has 2 aromatic rings. The number of esters is 1. The van der Waals surface area contributed by atoms with E-state index < -0.39 is 0 Å². The van der Waals surface area contributed by atoms with Crippen molar-refractivity contribution in [1.82, 2.24) is 4.57 Å². The fraction of sp³-hybridized carbons (Fsp3) is 0.312. The molecule has 2 rings (SSSR count). The summed E-state index contributed by atoms with van der Waals surface area (Å²) in [5.41, 5.74) is 1.62. The van der Waals surface area contributed by atoms with Crippen LogP contribution in [0.1, 0.15) is 30.1 Å². The van der Waals surface area contributed by atoms with E-state index in [1.807, 2.05) is 35.0 Å². The Kier molecular flexibility index (Phi) is 5.01. The number of hydrogen-bond donors (Lipinski definition) is 0. The highest BCUT2D eigenvalue weighted by Crippen LogP contribution is 2.26. The molecule has 0 saturated heterocycles. The largest absolute Gasteiger partial charge is 0.462 e. The van der Waals surface area contributed by atoms with Crippen LogP contribution in [0.3, 0.4) is 0 Å². The summed E-state index contributed by atoms with van der Waals surface area (Å²) in [5.74, 6) is -0.260. The number of rotatable bonds is 6. The van der Waals surface area contributed by atoms with Gasteiger partial charge in [-0.25, -0.2) is 4.79 Å². The van der Waals surface area contributed by atoms with Crippen LogP contribution in [0, 0.1) is 0 Å². The molecule has 1 aromatic heterocycles. The molecule has 0 bridgehead atoms. The number of aromatic nitrogens is 1. The van der Waals surface area contributed by atoms with Crippen molar-refractivity contribution >= 4 is 32.8 Å². The number of benzene rings is 1. The number of fused-ring (bicyclic) bond motifs is 1. The normalized spacial score (nSPS) is 10.7. The molecular formula is C16H18BrNO2. The molecule has 0 aliphatic carbocycles. The van der Waals surface area contributed by atoms with Gasteiger partial charge in [-0.3, -0.25) is 0 Å². The van der Waals surface area contributed by atoms with Gasteiger partial charge in [0.15, 0.2) is 0 Å². The fourth-order valence-electron chi connectivity index (χ4n) is 2.11. The van der Waals surface area contributed by atoms with E-state index in [2.05, 4.69) is 29.4 Å². The molecule has 1 aromatic carbocycles. The summed E-state index contributed by atoms with van der Waals surface area (Å²) in [6.07, 6.45) is 5.55. The highest BCUT2D eigenvalue weighted by Gasteiger charge is 2.16. The minimum absolute atomic E-state index is 0.260. The molecule has 3 nitrogen and oxygen atoms in total. The van der Waals surface area contributed by atoms with Gasteiger partial charge in [0, 0.05) is 28.1 Å². The Balaban J connectivity index is 2.38. The Hall–Kier alpha value is -1.55. The summed E-state index contributed by atoms with van der Waals surface area (Å²) in [5, 5.41) is 0.905. The molecule has 0 atom stereocenters. The van der Waals surface area contributed by atoms with Crippen LogP contribution in [-0.2, 0) is 11.3 Å². The van der Waals surface area contributed by atoms with E-state index >= 15 is 0 Å². The van der Waals surface area contributed by atoms with Crippen molar-refractivity contribution in [3.63, 3.8) is 0 Å². The maximum atomic E-state index is 12.2. The molecule has 0 radical (unpaired) electrons. The van der Waals surface area contributed by atoms with Crippen molar-refractivity contribution < 1.29 is 9.53 Å². The number of nitrogens with zero attached hydrogens (tertiary/aromatic N) is 1. The zero-order chi connectivity index (χ0) is 14.5. The summed E-state index contributed by atoms with van der Waals surface area (Å²) in [6.45, 7) is 6.96. The van der Waals surface area contributed by atoms with Gasteiger partial charge in [-0.05, 0) is 24.6 Å². The predicted octanol–water partition coefficient (Wildman–Crippen LogP) is 4.55. The standard InChI is InChI=1S/C16H18BrNO2/c1-3-5-9-20-16(19)14-11-18(8-4-2)15-7-6-12(17)10-13(14)15/h4,6-7,10-11H,2-3,5,8-9H2,1H3. The minimum Gasteiger partial charge on any atom is -0.462 e. The molecule has 0 amide bonds. The first-order valence-corrected chi connectivity index (χ1v) is 7.53. The lowest BCUT2D eigenvalue weighted by Crippen LogP contribution is -2.05. The highest BCUT2D eigenvalue weighted by molar-refractivity contribution is 9.10. The second kappa shape index (κ2) is 6.75. The molecule has 0 spiro atoms. The Bertz CT molecular complexity index is 631. The third-order valence-electron chi connectivity index (χ3n) is 3.12. The predicted molar refractivity (Wildman–Crippen MR) is 85.0 cm³/mol. The molecule has 0 aliphatic heterocycles. The Morgan fingerprint density at radius 2 is 2.30 bits per heavy atom. The summed E-state index contributed by atoms with van der Waals surface area (Å²) in [6, 6.07) is 5.91. The molecule has 0 fully saturated rings. The van der Waals surface area contributed by atoms with Crippen LogP contribution in [0.5, 0.6) is 0 Å². The van der Waals surface area contributed by atoms with E-state index in [1.54, 1.807) is 0 Å². The van der Waals surface area contributed by atoms with E-state index in [0.29, 0.717) is 18.7 Å². The SMILES string of the molecule is C=CCn1cc(C(=O)OCCCC)c2cc(Br)ccc21. The molecule has 0 aliphatic rings. The summed E-state index contributed by atoms with van der Waals surface area (Å²) >= 11 is 3.45. The Labute approximate surface area is 127 Å². The van der Waals surface area contributed by atoms with Gasteiger partial charge in [0.1, 0.15) is 0 Å². The van der Waals surface area contributed by atoms with Crippen LogP contribution in [0.15, 0.2) is 41.5 Å². The Morgan fingerprint density at radius 1 is 1.50 bits per heavy atom. The summed E-state index contributed by atoms with van der Waals surface area (Å²) in [7, 11) is 0. The molecule has 0 unspecified atom stereocenters. The average molecular weight is 336 g/mol. The molecule has 4 heteroatoms. The van der Waals surface area contributed by atoms with Crippen molar-refractivity contribution in [2.75, 3.05) is 6.61 Å². The number of ether oxygens (including phenoxy) is 1. The van der Waals surface area contributed by atoms with Crippen molar-refractivity contribution in [2.45, 2.75) is 26.3 Å². The zero-order valence-corrected chi connectivity index (χ0v) is 13.1. The maximum Gasteiger partial charge on any atom is 0.340 e. The third-order valence-corrected chi connectivity index (χ3v) is 3.61. The van der Waals surface area contributed by atoms with Gasteiger partial charge in [-0.15, -0.1) is 6.58 Å². The van der Waals surface area contributed by atoms with Crippen molar-refractivity contribution in [2.24, 2.45) is 0 Å². The molecule has 0 saturated carbocycles. The first kappa shape index (κ1) is 14.9. The lowest BCUT2D eigenvalue weighted by molar-refractivity contribution is 0.0502. The Morgan fingerprint density at radius 3 is 3.00 bits per heavy atom. The lowest BCUT2D eigenvalue weighted by atomic mass is 10.2. The van der Waals surface area contributed by atoms with Crippen LogP contribution in [0.25, 0.3) is 10.9 Å². The van der Waals surface area contributed by atoms with Gasteiger partial charge in [0.25, 0.3) is 0 Å². The van der Waals surface area contributed by atoms with Gasteiger partial charge in [-0.2, -0.15) is 0 Å². The lowest BCUT2D eigenvalue weighted by Gasteiger charge is -2.02. The van der Waals surface area contributed by atoms with E-state index in [1.165, 1.54) is 0 Å². The molecule has 20 heavy (non-hydrogen) atoms. The average Bonchev–Trinajstić information content (AvgIpc) is 2.77. The van der Waals surface area contributed by atoms with Gasteiger partial charge in [-0.1, -0.05) is 35.4 Å². The minimum atomic E-state index is -0.260. The van der Waals surface area contributed by atoms with E-state index in [4.69, 9.17) is 4.74 Å². The van der Waals surface area contributed by atoms with Crippen molar-refractivity contribution in [3.8, 4) is 0 Å². The molecule has 0 N–H and O–H groups in total. The monoisotopic (exact) mass is 335 g/mol. The van der Waals surface area contributed by atoms with Crippen LogP contribution in [-0.4, -0.2) is 17.1 Å². The zero-order valence-electron chi connectivity index (χ0n) is 11.6. The van der Waals surface area contributed by atoms with E-state index in [9.17, 15) is 4.79 Å².